The normalized spacial score (nSPS) is 21.8. The predicted octanol–water partition coefficient (Wildman–Crippen LogP) is 2.38. The fourth-order valence-corrected chi connectivity index (χ4v) is 1.21. The van der Waals surface area contributed by atoms with Crippen molar-refractivity contribution in [2.24, 2.45) is 0 Å². The van der Waals surface area contributed by atoms with Gasteiger partial charge in [0.15, 0.2) is 0 Å². The Morgan fingerprint density at radius 3 is 3.00 bits per heavy atom. The summed E-state index contributed by atoms with van der Waals surface area (Å²) in [6.07, 6.45) is 3.40. The van der Waals surface area contributed by atoms with Crippen molar-refractivity contribution in [3.8, 4) is 0 Å². The lowest BCUT2D eigenvalue weighted by molar-refractivity contribution is -0.315. The molecule has 13 heavy (non-hydrogen) atoms. The zero-order valence-electron chi connectivity index (χ0n) is 6.94. The van der Waals surface area contributed by atoms with E-state index in [4.69, 9.17) is 9.78 Å². The molecule has 2 nitrogen and oxygen atoms in total. The molecule has 0 saturated carbocycles. The van der Waals surface area contributed by atoms with E-state index in [1.165, 1.54) is 12.1 Å². The molecular weight excluding hydrogens is 171 g/mol. The summed E-state index contributed by atoms with van der Waals surface area (Å²) in [5, 5.41) is 0. The van der Waals surface area contributed by atoms with Gasteiger partial charge in [-0.1, -0.05) is 18.2 Å². The van der Waals surface area contributed by atoms with Crippen LogP contribution in [0.25, 0.3) is 0 Å². The van der Waals surface area contributed by atoms with Crippen molar-refractivity contribution in [1.82, 2.24) is 0 Å². The molecule has 0 aliphatic carbocycles. The van der Waals surface area contributed by atoms with Crippen LogP contribution in [0.15, 0.2) is 36.4 Å². The number of benzene rings is 1. The third kappa shape index (κ3) is 1.94. The molecule has 0 amide bonds. The molecule has 68 valence electrons. The maximum absolute atomic E-state index is 12.8. The Morgan fingerprint density at radius 2 is 2.31 bits per heavy atom. The molecule has 3 heteroatoms. The Bertz CT molecular complexity index is 322. The lowest BCUT2D eigenvalue weighted by atomic mass is 10.1. The van der Waals surface area contributed by atoms with Gasteiger partial charge in [0.2, 0.25) is 0 Å². The first-order valence-electron chi connectivity index (χ1n) is 4.06. The summed E-state index contributed by atoms with van der Waals surface area (Å²) in [7, 11) is 0. The lowest BCUT2D eigenvalue weighted by Gasteiger charge is -2.16. The van der Waals surface area contributed by atoms with Crippen molar-refractivity contribution in [2.45, 2.75) is 6.10 Å². The zero-order valence-corrected chi connectivity index (χ0v) is 6.94. The summed E-state index contributed by atoms with van der Waals surface area (Å²) in [5.41, 5.74) is 0.760. The number of hydrogen-bond acceptors (Lipinski definition) is 2. The van der Waals surface area contributed by atoms with Crippen molar-refractivity contribution in [3.63, 3.8) is 0 Å². The standard InChI is InChI=1S/C10H9FO2/c11-9-4-1-3-8(7-9)10-5-2-6-12-13-10/h1-5,7,10H,6H2/t10-/m0/s1. The second-order valence-electron chi connectivity index (χ2n) is 2.78. The van der Waals surface area contributed by atoms with Crippen molar-refractivity contribution < 1.29 is 14.2 Å². The molecule has 1 aliphatic rings. The van der Waals surface area contributed by atoms with Gasteiger partial charge in [0.25, 0.3) is 0 Å². The van der Waals surface area contributed by atoms with E-state index in [-0.39, 0.29) is 11.9 Å². The number of hydrogen-bond donors (Lipinski definition) is 0. The molecule has 1 aliphatic heterocycles. The molecule has 1 atom stereocenters. The van der Waals surface area contributed by atoms with Gasteiger partial charge in [0, 0.05) is 0 Å². The quantitative estimate of drug-likeness (QED) is 0.488. The topological polar surface area (TPSA) is 18.5 Å². The van der Waals surface area contributed by atoms with E-state index in [1.807, 2.05) is 12.2 Å². The average molecular weight is 180 g/mol. The first-order valence-corrected chi connectivity index (χ1v) is 4.06. The van der Waals surface area contributed by atoms with E-state index in [0.717, 1.165) is 5.56 Å². The first kappa shape index (κ1) is 8.41. The van der Waals surface area contributed by atoms with Crippen LogP contribution in [-0.4, -0.2) is 6.61 Å². The predicted molar refractivity (Wildman–Crippen MR) is 45.3 cm³/mol. The molecule has 0 spiro atoms. The largest absolute Gasteiger partial charge is 0.232 e. The van der Waals surface area contributed by atoms with Gasteiger partial charge in [0.05, 0.1) is 0 Å². The summed E-state index contributed by atoms with van der Waals surface area (Å²) in [4.78, 5) is 9.73. The van der Waals surface area contributed by atoms with E-state index in [1.54, 1.807) is 12.1 Å². The smallest absolute Gasteiger partial charge is 0.136 e. The molecule has 0 N–H and O–H groups in total. The van der Waals surface area contributed by atoms with Crippen molar-refractivity contribution >= 4 is 0 Å². The molecule has 1 aromatic carbocycles. The summed E-state index contributed by atoms with van der Waals surface area (Å²) >= 11 is 0. The van der Waals surface area contributed by atoms with Crippen LogP contribution >= 0.6 is 0 Å². The van der Waals surface area contributed by atoms with Gasteiger partial charge in [-0.2, -0.15) is 0 Å². The monoisotopic (exact) mass is 180 g/mol. The molecule has 0 fully saturated rings. The Hall–Kier alpha value is -1.19. The first-order chi connectivity index (χ1) is 6.36. The van der Waals surface area contributed by atoms with Gasteiger partial charge in [0.1, 0.15) is 18.5 Å². The van der Waals surface area contributed by atoms with E-state index < -0.39 is 0 Å². The lowest BCUT2D eigenvalue weighted by Crippen LogP contribution is -2.07. The highest BCUT2D eigenvalue weighted by Gasteiger charge is 2.12. The molecule has 0 saturated heterocycles. The Labute approximate surface area is 75.5 Å². The van der Waals surface area contributed by atoms with E-state index in [0.29, 0.717) is 6.61 Å². The SMILES string of the molecule is Fc1cccc([C@@H]2C=CCOO2)c1. The maximum Gasteiger partial charge on any atom is 0.136 e. The summed E-state index contributed by atoms with van der Waals surface area (Å²) in [6.45, 7) is 0.450. The van der Waals surface area contributed by atoms with E-state index in [2.05, 4.69) is 0 Å². The minimum atomic E-state index is -0.288. The third-order valence-corrected chi connectivity index (χ3v) is 1.82. The van der Waals surface area contributed by atoms with Crippen LogP contribution in [0.2, 0.25) is 0 Å². The fraction of sp³-hybridized carbons (Fsp3) is 0.200. The molecule has 1 heterocycles. The molecular formula is C10H9FO2. The van der Waals surface area contributed by atoms with Crippen molar-refractivity contribution in [3.05, 3.63) is 47.8 Å². The Kier molecular flexibility index (Phi) is 2.38. The van der Waals surface area contributed by atoms with E-state index in [9.17, 15) is 4.39 Å². The maximum atomic E-state index is 12.8. The summed E-state index contributed by atoms with van der Waals surface area (Å²) in [5.74, 6) is -0.264. The van der Waals surface area contributed by atoms with Crippen LogP contribution in [0.5, 0.6) is 0 Å². The minimum Gasteiger partial charge on any atom is -0.232 e. The highest BCUT2D eigenvalue weighted by atomic mass is 19.1. The Balaban J connectivity index is 2.24. The van der Waals surface area contributed by atoms with Crippen LogP contribution in [0.3, 0.4) is 0 Å². The van der Waals surface area contributed by atoms with Crippen molar-refractivity contribution in [1.29, 1.82) is 0 Å². The van der Waals surface area contributed by atoms with Gasteiger partial charge < -0.3 is 0 Å². The third-order valence-electron chi connectivity index (χ3n) is 1.82. The summed E-state index contributed by atoms with van der Waals surface area (Å²) < 4.78 is 12.8. The Morgan fingerprint density at radius 1 is 1.38 bits per heavy atom. The molecule has 0 bridgehead atoms. The van der Waals surface area contributed by atoms with Crippen LogP contribution in [0.1, 0.15) is 11.7 Å². The minimum absolute atomic E-state index is 0.264. The van der Waals surface area contributed by atoms with Crippen LogP contribution in [0, 0.1) is 5.82 Å². The van der Waals surface area contributed by atoms with Gasteiger partial charge in [-0.05, 0) is 23.8 Å². The highest BCUT2D eigenvalue weighted by molar-refractivity contribution is 5.22. The molecule has 0 radical (unpaired) electrons. The second kappa shape index (κ2) is 3.68. The molecule has 2 rings (SSSR count). The van der Waals surface area contributed by atoms with Gasteiger partial charge in [-0.25, -0.2) is 14.2 Å². The van der Waals surface area contributed by atoms with Crippen molar-refractivity contribution in [2.75, 3.05) is 6.61 Å². The van der Waals surface area contributed by atoms with Crippen LogP contribution in [-0.2, 0) is 9.78 Å². The molecule has 0 aromatic heterocycles. The molecule has 1 aromatic rings. The fourth-order valence-electron chi connectivity index (χ4n) is 1.21. The highest BCUT2D eigenvalue weighted by Crippen LogP contribution is 2.22. The average Bonchev–Trinajstić information content (AvgIpc) is 2.19. The number of halogens is 1. The van der Waals surface area contributed by atoms with Gasteiger partial charge in [-0.15, -0.1) is 0 Å². The zero-order chi connectivity index (χ0) is 9.10. The van der Waals surface area contributed by atoms with Gasteiger partial charge in [-0.3, -0.25) is 0 Å². The van der Waals surface area contributed by atoms with Gasteiger partial charge >= 0.3 is 0 Å². The second-order valence-corrected chi connectivity index (χ2v) is 2.78. The van der Waals surface area contributed by atoms with E-state index >= 15 is 0 Å². The van der Waals surface area contributed by atoms with Crippen LogP contribution in [0.4, 0.5) is 4.39 Å². The molecule has 0 unspecified atom stereocenters. The summed E-state index contributed by atoms with van der Waals surface area (Å²) in [6, 6.07) is 6.28. The number of rotatable bonds is 1. The van der Waals surface area contributed by atoms with Crippen LogP contribution < -0.4 is 0 Å².